The summed E-state index contributed by atoms with van der Waals surface area (Å²) in [5.41, 5.74) is -0.424. The maximum absolute atomic E-state index is 12.2. The smallest absolute Gasteiger partial charge is 0.317 e. The molecule has 1 aromatic heterocycles. The Hall–Kier alpha value is -2.16. The molecule has 1 atom stereocenters. The van der Waals surface area contributed by atoms with Crippen molar-refractivity contribution >= 4 is 11.7 Å². The summed E-state index contributed by atoms with van der Waals surface area (Å²) in [6.07, 6.45) is 2.52. The summed E-state index contributed by atoms with van der Waals surface area (Å²) in [5, 5.41) is 17.2. The highest BCUT2D eigenvalue weighted by Gasteiger charge is 2.33. The van der Waals surface area contributed by atoms with E-state index in [4.69, 9.17) is 4.74 Å². The minimum atomic E-state index is -0.501. The van der Waals surface area contributed by atoms with Crippen LogP contribution in [0.2, 0.25) is 0 Å². The Labute approximate surface area is 128 Å². The van der Waals surface area contributed by atoms with Gasteiger partial charge in [0.1, 0.15) is 12.4 Å². The zero-order valence-corrected chi connectivity index (χ0v) is 13.0. The summed E-state index contributed by atoms with van der Waals surface area (Å²) in [4.78, 5) is 23.9. The second-order valence-corrected chi connectivity index (χ2v) is 6.02. The molecule has 9 nitrogen and oxygen atoms in total. The average Bonchev–Trinajstić information content (AvgIpc) is 2.85. The van der Waals surface area contributed by atoms with Gasteiger partial charge in [0.15, 0.2) is 0 Å². The largest absolute Gasteiger partial charge is 0.369 e. The molecule has 0 saturated carbocycles. The standard InChI is InChI=1S/C13H21N5O4/c1-10-7-16(9-13(2,3)22-10)12(19)14-4-5-17-8-11(6-15-17)18(20)21/h6,8,10H,4-5,7,9H2,1-3H3,(H,14,19)/t10-/m0/s1. The van der Waals surface area contributed by atoms with Crippen LogP contribution in [0, 0.1) is 10.1 Å². The van der Waals surface area contributed by atoms with E-state index in [0.717, 1.165) is 0 Å². The predicted molar refractivity (Wildman–Crippen MR) is 78.5 cm³/mol. The van der Waals surface area contributed by atoms with Gasteiger partial charge in [-0.2, -0.15) is 5.10 Å². The molecule has 0 aromatic carbocycles. The molecule has 22 heavy (non-hydrogen) atoms. The normalized spacial score (nSPS) is 20.7. The fourth-order valence-corrected chi connectivity index (χ4v) is 2.57. The maximum Gasteiger partial charge on any atom is 0.317 e. The van der Waals surface area contributed by atoms with Crippen molar-refractivity contribution in [1.29, 1.82) is 0 Å². The number of aromatic nitrogens is 2. The third-order valence-corrected chi connectivity index (χ3v) is 3.30. The van der Waals surface area contributed by atoms with E-state index in [1.807, 2.05) is 20.8 Å². The first-order chi connectivity index (χ1) is 10.3. The molecule has 1 aromatic rings. The lowest BCUT2D eigenvalue weighted by Crippen LogP contribution is -2.56. The Morgan fingerprint density at radius 3 is 2.95 bits per heavy atom. The summed E-state index contributed by atoms with van der Waals surface area (Å²) in [6.45, 7) is 7.63. The molecule has 1 aliphatic heterocycles. The fourth-order valence-electron chi connectivity index (χ4n) is 2.57. The summed E-state index contributed by atoms with van der Waals surface area (Å²) in [6, 6.07) is -0.162. The van der Waals surface area contributed by atoms with Gasteiger partial charge in [-0.25, -0.2) is 4.79 Å². The molecular weight excluding hydrogens is 290 g/mol. The van der Waals surface area contributed by atoms with Crippen molar-refractivity contribution in [1.82, 2.24) is 20.0 Å². The van der Waals surface area contributed by atoms with Crippen molar-refractivity contribution in [2.75, 3.05) is 19.6 Å². The van der Waals surface area contributed by atoms with E-state index in [9.17, 15) is 14.9 Å². The molecule has 122 valence electrons. The SMILES string of the molecule is C[C@H]1CN(C(=O)NCCn2cc([N+](=O)[O-])cn2)CC(C)(C)O1. The minimum Gasteiger partial charge on any atom is -0.369 e. The molecule has 0 aliphatic carbocycles. The highest BCUT2D eigenvalue weighted by molar-refractivity contribution is 5.74. The number of carbonyl (C=O) groups is 1. The summed E-state index contributed by atoms with van der Waals surface area (Å²) >= 11 is 0. The highest BCUT2D eigenvalue weighted by Crippen LogP contribution is 2.20. The van der Waals surface area contributed by atoms with Gasteiger partial charge in [-0.05, 0) is 20.8 Å². The van der Waals surface area contributed by atoms with Crippen molar-refractivity contribution < 1.29 is 14.5 Å². The number of nitro groups is 1. The molecule has 1 fully saturated rings. The topological polar surface area (TPSA) is 103 Å². The molecule has 1 N–H and O–H groups in total. The summed E-state index contributed by atoms with van der Waals surface area (Å²) < 4.78 is 7.19. The van der Waals surface area contributed by atoms with Crippen molar-refractivity contribution in [3.05, 3.63) is 22.5 Å². The molecule has 2 rings (SSSR count). The number of rotatable bonds is 4. The first-order valence-corrected chi connectivity index (χ1v) is 7.14. The maximum atomic E-state index is 12.2. The molecule has 0 bridgehead atoms. The lowest BCUT2D eigenvalue weighted by Gasteiger charge is -2.41. The third-order valence-electron chi connectivity index (χ3n) is 3.30. The molecule has 2 heterocycles. The Balaban J connectivity index is 1.81. The predicted octanol–water partition coefficient (Wildman–Crippen LogP) is 1.00. The molecule has 0 unspecified atom stereocenters. The van der Waals surface area contributed by atoms with Crippen LogP contribution in [0.5, 0.6) is 0 Å². The van der Waals surface area contributed by atoms with E-state index < -0.39 is 4.92 Å². The van der Waals surface area contributed by atoms with Gasteiger partial charge >= 0.3 is 11.7 Å². The number of amides is 2. The van der Waals surface area contributed by atoms with Crippen LogP contribution in [0.15, 0.2) is 12.4 Å². The zero-order chi connectivity index (χ0) is 16.3. The molecule has 2 amide bonds. The Kier molecular flexibility index (Phi) is 4.65. The Morgan fingerprint density at radius 2 is 2.36 bits per heavy atom. The fraction of sp³-hybridized carbons (Fsp3) is 0.692. The van der Waals surface area contributed by atoms with Crippen molar-refractivity contribution in [3.63, 3.8) is 0 Å². The van der Waals surface area contributed by atoms with Crippen molar-refractivity contribution in [2.24, 2.45) is 0 Å². The number of carbonyl (C=O) groups excluding carboxylic acids is 1. The third kappa shape index (κ3) is 4.17. The van der Waals surface area contributed by atoms with Gasteiger partial charge in [0.05, 0.1) is 29.7 Å². The quantitative estimate of drug-likeness (QED) is 0.660. The van der Waals surface area contributed by atoms with Crippen LogP contribution in [-0.2, 0) is 11.3 Å². The van der Waals surface area contributed by atoms with Gasteiger partial charge in [0.2, 0.25) is 0 Å². The van der Waals surface area contributed by atoms with Crippen molar-refractivity contribution in [2.45, 2.75) is 39.0 Å². The summed E-state index contributed by atoms with van der Waals surface area (Å²) in [7, 11) is 0. The van der Waals surface area contributed by atoms with Gasteiger partial charge in [0.25, 0.3) is 0 Å². The molecule has 0 radical (unpaired) electrons. The number of urea groups is 1. The Morgan fingerprint density at radius 1 is 1.64 bits per heavy atom. The van der Waals surface area contributed by atoms with Crippen LogP contribution >= 0.6 is 0 Å². The molecule has 9 heteroatoms. The Bertz CT molecular complexity index is 556. The number of nitrogens with zero attached hydrogens (tertiary/aromatic N) is 4. The van der Waals surface area contributed by atoms with E-state index in [2.05, 4.69) is 10.4 Å². The molecule has 0 spiro atoms. The van der Waals surface area contributed by atoms with Crippen molar-refractivity contribution in [3.8, 4) is 0 Å². The number of hydrogen-bond donors (Lipinski definition) is 1. The number of nitrogens with one attached hydrogen (secondary N) is 1. The first kappa shape index (κ1) is 16.2. The number of hydrogen-bond acceptors (Lipinski definition) is 5. The van der Waals surface area contributed by atoms with E-state index in [1.54, 1.807) is 4.90 Å². The number of ether oxygens (including phenoxy) is 1. The zero-order valence-electron chi connectivity index (χ0n) is 13.0. The van der Waals surface area contributed by atoms with Gasteiger partial charge in [-0.3, -0.25) is 14.8 Å². The lowest BCUT2D eigenvalue weighted by atomic mass is 10.1. The van der Waals surface area contributed by atoms with E-state index in [0.29, 0.717) is 26.2 Å². The number of morpholine rings is 1. The highest BCUT2D eigenvalue weighted by atomic mass is 16.6. The first-order valence-electron chi connectivity index (χ1n) is 7.14. The van der Waals surface area contributed by atoms with Gasteiger partial charge < -0.3 is 15.0 Å². The van der Waals surface area contributed by atoms with Gasteiger partial charge in [-0.1, -0.05) is 0 Å². The molecule has 1 aliphatic rings. The van der Waals surface area contributed by atoms with Crippen LogP contribution in [0.25, 0.3) is 0 Å². The molecule has 1 saturated heterocycles. The van der Waals surface area contributed by atoms with E-state index in [-0.39, 0.29) is 23.4 Å². The second kappa shape index (κ2) is 6.30. The van der Waals surface area contributed by atoms with Crippen LogP contribution in [-0.4, -0.2) is 57.0 Å². The van der Waals surface area contributed by atoms with Crippen LogP contribution in [0.4, 0.5) is 10.5 Å². The van der Waals surface area contributed by atoms with E-state index >= 15 is 0 Å². The van der Waals surface area contributed by atoms with Crippen LogP contribution in [0.1, 0.15) is 20.8 Å². The van der Waals surface area contributed by atoms with Gasteiger partial charge in [0, 0.05) is 13.1 Å². The van der Waals surface area contributed by atoms with Gasteiger partial charge in [-0.15, -0.1) is 0 Å². The second-order valence-electron chi connectivity index (χ2n) is 6.02. The van der Waals surface area contributed by atoms with Crippen LogP contribution in [0.3, 0.4) is 0 Å². The lowest BCUT2D eigenvalue weighted by molar-refractivity contribution is -0.385. The monoisotopic (exact) mass is 311 g/mol. The summed E-state index contributed by atoms with van der Waals surface area (Å²) in [5.74, 6) is 0. The van der Waals surface area contributed by atoms with E-state index in [1.165, 1.54) is 17.1 Å². The minimum absolute atomic E-state index is 0.0109. The van der Waals surface area contributed by atoms with Crippen LogP contribution < -0.4 is 5.32 Å². The molecular formula is C13H21N5O4. The average molecular weight is 311 g/mol.